The molecule has 0 radical (unpaired) electrons. The van der Waals surface area contributed by atoms with Crippen molar-refractivity contribution in [1.82, 2.24) is 14.7 Å². The van der Waals surface area contributed by atoms with Gasteiger partial charge in [0.05, 0.1) is 6.04 Å². The maximum atomic E-state index is 12.7. The van der Waals surface area contributed by atoms with Crippen LogP contribution in [0.5, 0.6) is 0 Å². The monoisotopic (exact) mass is 296 g/mol. The summed E-state index contributed by atoms with van der Waals surface area (Å²) in [5.74, 6) is 0.337. The molecule has 2 aliphatic heterocycles. The van der Waals surface area contributed by atoms with Crippen molar-refractivity contribution in [2.24, 2.45) is 5.73 Å². The number of carbonyl (C=O) groups is 1. The predicted molar refractivity (Wildman–Crippen MR) is 86.2 cm³/mol. The Balaban J connectivity index is 1.86. The van der Waals surface area contributed by atoms with Crippen LogP contribution in [0, 0.1) is 0 Å². The van der Waals surface area contributed by atoms with Crippen LogP contribution in [-0.2, 0) is 4.79 Å². The molecule has 2 N–H and O–H groups in total. The number of nitrogens with two attached hydrogens (primary N) is 1. The van der Waals surface area contributed by atoms with Crippen molar-refractivity contribution in [3.05, 3.63) is 0 Å². The van der Waals surface area contributed by atoms with Crippen LogP contribution in [0.1, 0.15) is 39.0 Å². The fourth-order valence-electron chi connectivity index (χ4n) is 3.50. The molecule has 0 bridgehead atoms. The first-order valence-corrected chi connectivity index (χ1v) is 8.67. The van der Waals surface area contributed by atoms with Gasteiger partial charge in [-0.1, -0.05) is 12.8 Å². The van der Waals surface area contributed by atoms with E-state index in [9.17, 15) is 4.79 Å². The molecule has 1 unspecified atom stereocenters. The Morgan fingerprint density at radius 3 is 2.33 bits per heavy atom. The summed E-state index contributed by atoms with van der Waals surface area (Å²) in [6.45, 7) is 9.86. The highest BCUT2D eigenvalue weighted by Gasteiger charge is 2.27. The molecule has 2 aliphatic rings. The number of hydrogen-bond acceptors (Lipinski definition) is 4. The molecule has 0 spiro atoms. The second kappa shape index (κ2) is 8.71. The molecule has 1 amide bonds. The normalized spacial score (nSPS) is 24.4. The van der Waals surface area contributed by atoms with Gasteiger partial charge in [0.1, 0.15) is 0 Å². The second-order valence-corrected chi connectivity index (χ2v) is 6.44. The van der Waals surface area contributed by atoms with Crippen molar-refractivity contribution >= 4 is 5.91 Å². The molecule has 1 atom stereocenters. The van der Waals surface area contributed by atoms with Crippen molar-refractivity contribution in [3.63, 3.8) is 0 Å². The minimum Gasteiger partial charge on any atom is -0.341 e. The maximum absolute atomic E-state index is 12.7. The molecule has 2 rings (SSSR count). The van der Waals surface area contributed by atoms with Crippen LogP contribution in [0.4, 0.5) is 0 Å². The molecule has 5 heteroatoms. The first-order valence-electron chi connectivity index (χ1n) is 8.67. The third-order valence-electron chi connectivity index (χ3n) is 4.89. The van der Waals surface area contributed by atoms with E-state index in [4.69, 9.17) is 5.73 Å². The van der Waals surface area contributed by atoms with Gasteiger partial charge in [0.15, 0.2) is 0 Å². The largest absolute Gasteiger partial charge is 0.341 e. The van der Waals surface area contributed by atoms with E-state index in [-0.39, 0.29) is 6.04 Å². The number of hydrogen-bond donors (Lipinski definition) is 1. The van der Waals surface area contributed by atoms with E-state index in [1.807, 2.05) is 0 Å². The van der Waals surface area contributed by atoms with Gasteiger partial charge < -0.3 is 15.5 Å². The Labute approximate surface area is 129 Å². The molecule has 2 saturated heterocycles. The van der Waals surface area contributed by atoms with Crippen molar-refractivity contribution in [3.8, 4) is 0 Å². The molecule has 122 valence electrons. The quantitative estimate of drug-likeness (QED) is 0.831. The highest BCUT2D eigenvalue weighted by Crippen LogP contribution is 2.14. The Morgan fingerprint density at radius 1 is 0.952 bits per heavy atom. The summed E-state index contributed by atoms with van der Waals surface area (Å²) in [6, 6.07) is 0.0286. The Morgan fingerprint density at radius 2 is 1.67 bits per heavy atom. The fraction of sp³-hybridized carbons (Fsp3) is 0.938. The minimum absolute atomic E-state index is 0.0286. The van der Waals surface area contributed by atoms with Gasteiger partial charge in [-0.2, -0.15) is 0 Å². The zero-order chi connectivity index (χ0) is 15.1. The summed E-state index contributed by atoms with van der Waals surface area (Å²) in [5, 5.41) is 0. The van der Waals surface area contributed by atoms with Gasteiger partial charge in [0.2, 0.25) is 5.91 Å². The lowest BCUT2D eigenvalue weighted by Crippen LogP contribution is -2.48. The number of rotatable bonds is 4. The highest BCUT2D eigenvalue weighted by molar-refractivity contribution is 5.81. The third kappa shape index (κ3) is 4.94. The standard InChI is InChI=1S/C16H32N4O/c1-15(16(21)20-9-4-2-3-5-10-20)19-11-6-8-18(12-7-17)13-14-19/h15H,2-14,17H2,1H3. The van der Waals surface area contributed by atoms with Gasteiger partial charge in [0, 0.05) is 45.8 Å². The molecule has 0 aromatic carbocycles. The molecule has 5 nitrogen and oxygen atoms in total. The average molecular weight is 296 g/mol. The first-order chi connectivity index (χ1) is 10.2. The number of likely N-dealkylation sites (tertiary alicyclic amines) is 1. The van der Waals surface area contributed by atoms with Gasteiger partial charge in [-0.25, -0.2) is 0 Å². The predicted octanol–water partition coefficient (Wildman–Crippen LogP) is 0.744. The minimum atomic E-state index is 0.0286. The van der Waals surface area contributed by atoms with Crippen LogP contribution < -0.4 is 5.73 Å². The zero-order valence-corrected chi connectivity index (χ0v) is 13.6. The van der Waals surface area contributed by atoms with Crippen LogP contribution in [-0.4, -0.2) is 79.0 Å². The molecular formula is C16H32N4O. The zero-order valence-electron chi connectivity index (χ0n) is 13.6. The molecule has 2 fully saturated rings. The van der Waals surface area contributed by atoms with Crippen LogP contribution >= 0.6 is 0 Å². The highest BCUT2D eigenvalue weighted by atomic mass is 16.2. The van der Waals surface area contributed by atoms with Crippen molar-refractivity contribution in [2.45, 2.75) is 45.1 Å². The van der Waals surface area contributed by atoms with E-state index < -0.39 is 0 Å². The van der Waals surface area contributed by atoms with Crippen LogP contribution in [0.3, 0.4) is 0 Å². The lowest BCUT2D eigenvalue weighted by molar-refractivity contribution is -0.136. The smallest absolute Gasteiger partial charge is 0.239 e. The molecule has 0 aromatic heterocycles. The average Bonchev–Trinajstić information content (AvgIpc) is 2.89. The number of nitrogens with zero attached hydrogens (tertiary/aromatic N) is 3. The summed E-state index contributed by atoms with van der Waals surface area (Å²) >= 11 is 0. The van der Waals surface area contributed by atoms with E-state index in [1.165, 1.54) is 25.7 Å². The van der Waals surface area contributed by atoms with Gasteiger partial charge in [-0.05, 0) is 32.7 Å². The SMILES string of the molecule is CC(C(=O)N1CCCCCC1)N1CCCN(CCN)CC1. The fourth-order valence-corrected chi connectivity index (χ4v) is 3.50. The molecule has 0 saturated carbocycles. The summed E-state index contributed by atoms with van der Waals surface area (Å²) < 4.78 is 0. The number of amides is 1. The van der Waals surface area contributed by atoms with E-state index in [2.05, 4.69) is 21.6 Å². The summed E-state index contributed by atoms with van der Waals surface area (Å²) in [6.07, 6.45) is 6.02. The summed E-state index contributed by atoms with van der Waals surface area (Å²) in [4.78, 5) is 19.6. The van der Waals surface area contributed by atoms with E-state index in [1.54, 1.807) is 0 Å². The Kier molecular flexibility index (Phi) is 6.93. The summed E-state index contributed by atoms with van der Waals surface area (Å²) in [7, 11) is 0. The van der Waals surface area contributed by atoms with Gasteiger partial charge >= 0.3 is 0 Å². The van der Waals surface area contributed by atoms with Crippen LogP contribution in [0.2, 0.25) is 0 Å². The second-order valence-electron chi connectivity index (χ2n) is 6.44. The number of carbonyl (C=O) groups excluding carboxylic acids is 1. The lowest BCUT2D eigenvalue weighted by atomic mass is 10.2. The van der Waals surface area contributed by atoms with Crippen LogP contribution in [0.25, 0.3) is 0 Å². The van der Waals surface area contributed by atoms with Crippen molar-refractivity contribution in [1.29, 1.82) is 0 Å². The topological polar surface area (TPSA) is 52.8 Å². The van der Waals surface area contributed by atoms with Crippen molar-refractivity contribution in [2.75, 3.05) is 52.4 Å². The van der Waals surface area contributed by atoms with Crippen molar-refractivity contribution < 1.29 is 4.79 Å². The maximum Gasteiger partial charge on any atom is 0.239 e. The first kappa shape index (κ1) is 16.7. The molecule has 0 aromatic rings. The molecular weight excluding hydrogens is 264 g/mol. The van der Waals surface area contributed by atoms with E-state index in [0.717, 1.165) is 58.8 Å². The molecule has 21 heavy (non-hydrogen) atoms. The Hall–Kier alpha value is -0.650. The Bertz CT molecular complexity index is 315. The van der Waals surface area contributed by atoms with Crippen LogP contribution in [0.15, 0.2) is 0 Å². The summed E-state index contributed by atoms with van der Waals surface area (Å²) in [5.41, 5.74) is 5.65. The third-order valence-corrected chi connectivity index (χ3v) is 4.89. The van der Waals surface area contributed by atoms with Gasteiger partial charge in [-0.3, -0.25) is 9.69 Å². The van der Waals surface area contributed by atoms with E-state index in [0.29, 0.717) is 5.91 Å². The molecule has 0 aliphatic carbocycles. The van der Waals surface area contributed by atoms with Gasteiger partial charge in [0.25, 0.3) is 0 Å². The molecule has 2 heterocycles. The lowest BCUT2D eigenvalue weighted by Gasteiger charge is -2.31. The van der Waals surface area contributed by atoms with Gasteiger partial charge in [-0.15, -0.1) is 0 Å². The van der Waals surface area contributed by atoms with E-state index >= 15 is 0 Å².